The molecule has 3 N–H and O–H groups in total. The van der Waals surface area contributed by atoms with Gasteiger partial charge in [0.25, 0.3) is 0 Å². The molecular formula is C22H34N4OS. The zero-order valence-corrected chi connectivity index (χ0v) is 17.9. The van der Waals surface area contributed by atoms with Crippen molar-refractivity contribution in [3.8, 4) is 0 Å². The standard InChI is InChI=1S/C22H34N4OS/c1-16-5-4-12-26(16)13-10-23-11-14-28-25-22(27)24-21-19-8-2-6-17(19)15-18-7-3-9-20(18)21/h15-16,23H,2-14H2,1H3,(H2,24,25,27). The molecule has 1 aromatic carbocycles. The van der Waals surface area contributed by atoms with Gasteiger partial charge in [0, 0.05) is 37.1 Å². The maximum Gasteiger partial charge on any atom is 0.329 e. The monoisotopic (exact) mass is 402 g/mol. The summed E-state index contributed by atoms with van der Waals surface area (Å²) in [5, 5.41) is 6.68. The van der Waals surface area contributed by atoms with E-state index in [1.165, 1.54) is 66.4 Å². The second-order valence-electron chi connectivity index (χ2n) is 8.42. The van der Waals surface area contributed by atoms with Crippen LogP contribution in [0, 0.1) is 0 Å². The molecule has 154 valence electrons. The smallest absolute Gasteiger partial charge is 0.315 e. The lowest BCUT2D eigenvalue weighted by Gasteiger charge is -2.20. The predicted molar refractivity (Wildman–Crippen MR) is 118 cm³/mol. The Hall–Kier alpha value is -1.24. The Kier molecular flexibility index (Phi) is 6.81. The van der Waals surface area contributed by atoms with Crippen LogP contribution in [0.5, 0.6) is 0 Å². The van der Waals surface area contributed by atoms with E-state index in [1.807, 2.05) is 0 Å². The van der Waals surface area contributed by atoms with E-state index in [1.54, 1.807) is 0 Å². The quantitative estimate of drug-likeness (QED) is 0.460. The van der Waals surface area contributed by atoms with Gasteiger partial charge in [-0.2, -0.15) is 0 Å². The average Bonchev–Trinajstić information content (AvgIpc) is 3.42. The predicted octanol–water partition coefficient (Wildman–Crippen LogP) is 3.51. The number of urea groups is 1. The fourth-order valence-corrected chi connectivity index (χ4v) is 5.55. The van der Waals surface area contributed by atoms with Crippen molar-refractivity contribution < 1.29 is 4.79 Å². The van der Waals surface area contributed by atoms with Crippen molar-refractivity contribution in [2.24, 2.45) is 0 Å². The lowest BCUT2D eigenvalue weighted by Crippen LogP contribution is -2.35. The number of amides is 2. The first-order valence-electron chi connectivity index (χ1n) is 11.0. The van der Waals surface area contributed by atoms with Crippen LogP contribution in [0.2, 0.25) is 0 Å². The van der Waals surface area contributed by atoms with E-state index in [0.29, 0.717) is 0 Å². The van der Waals surface area contributed by atoms with Crippen LogP contribution < -0.4 is 15.4 Å². The van der Waals surface area contributed by atoms with Gasteiger partial charge >= 0.3 is 6.03 Å². The molecule has 0 saturated carbocycles. The Balaban J connectivity index is 1.17. The molecule has 1 saturated heterocycles. The Morgan fingerprint density at radius 1 is 1.11 bits per heavy atom. The minimum Gasteiger partial charge on any atom is -0.315 e. The highest BCUT2D eigenvalue weighted by molar-refractivity contribution is 7.97. The maximum absolute atomic E-state index is 12.4. The van der Waals surface area contributed by atoms with Crippen molar-refractivity contribution in [3.63, 3.8) is 0 Å². The highest BCUT2D eigenvalue weighted by Gasteiger charge is 2.25. The van der Waals surface area contributed by atoms with Crippen molar-refractivity contribution in [3.05, 3.63) is 28.3 Å². The molecule has 4 rings (SSSR count). The number of likely N-dealkylation sites (tertiary alicyclic amines) is 1. The molecule has 1 atom stereocenters. The number of aryl methyl sites for hydroxylation is 2. The van der Waals surface area contributed by atoms with Crippen LogP contribution in [0.25, 0.3) is 0 Å². The Bertz CT molecular complexity index is 676. The summed E-state index contributed by atoms with van der Waals surface area (Å²) in [6, 6.07) is 3.06. The van der Waals surface area contributed by atoms with Crippen LogP contribution in [0.15, 0.2) is 6.07 Å². The van der Waals surface area contributed by atoms with E-state index in [4.69, 9.17) is 0 Å². The summed E-state index contributed by atoms with van der Waals surface area (Å²) in [4.78, 5) is 15.0. The van der Waals surface area contributed by atoms with E-state index < -0.39 is 0 Å². The van der Waals surface area contributed by atoms with Gasteiger partial charge in [-0.15, -0.1) is 0 Å². The van der Waals surface area contributed by atoms with Crippen LogP contribution in [0.3, 0.4) is 0 Å². The third-order valence-corrected chi connectivity index (χ3v) is 7.26. The Morgan fingerprint density at radius 3 is 2.54 bits per heavy atom. The molecule has 3 aliphatic rings. The minimum atomic E-state index is -0.0784. The second-order valence-corrected chi connectivity index (χ2v) is 9.32. The highest BCUT2D eigenvalue weighted by atomic mass is 32.2. The number of anilines is 1. The first-order valence-corrected chi connectivity index (χ1v) is 12.0. The number of benzene rings is 1. The third kappa shape index (κ3) is 4.66. The van der Waals surface area contributed by atoms with E-state index in [0.717, 1.165) is 62.8 Å². The summed E-state index contributed by atoms with van der Waals surface area (Å²) in [6.45, 7) is 6.64. The number of nitrogens with zero attached hydrogens (tertiary/aromatic N) is 1. The molecule has 1 unspecified atom stereocenters. The molecule has 2 amide bonds. The number of fused-ring (bicyclic) bond motifs is 2. The van der Waals surface area contributed by atoms with Gasteiger partial charge in [-0.3, -0.25) is 9.62 Å². The molecule has 0 spiro atoms. The normalized spacial score (nSPS) is 21.0. The highest BCUT2D eigenvalue weighted by Crippen LogP contribution is 2.38. The van der Waals surface area contributed by atoms with Crippen LogP contribution in [-0.2, 0) is 25.7 Å². The molecule has 1 aromatic rings. The molecule has 6 heteroatoms. The maximum atomic E-state index is 12.4. The second kappa shape index (κ2) is 9.51. The van der Waals surface area contributed by atoms with Crippen molar-refractivity contribution in [2.45, 2.75) is 64.3 Å². The van der Waals surface area contributed by atoms with Crippen LogP contribution in [0.1, 0.15) is 54.9 Å². The first kappa shape index (κ1) is 20.0. The van der Waals surface area contributed by atoms with Crippen molar-refractivity contribution in [2.75, 3.05) is 37.2 Å². The van der Waals surface area contributed by atoms with Crippen LogP contribution in [0.4, 0.5) is 10.5 Å². The summed E-state index contributed by atoms with van der Waals surface area (Å²) < 4.78 is 2.97. The molecular weight excluding hydrogens is 368 g/mol. The SMILES string of the molecule is CC1CCCN1CCNCCSNC(=O)Nc1c2c(cc3c1CCC3)CCC2. The molecule has 2 aliphatic carbocycles. The number of carbonyl (C=O) groups excluding carboxylic acids is 1. The molecule has 28 heavy (non-hydrogen) atoms. The molecule has 1 aliphatic heterocycles. The van der Waals surface area contributed by atoms with Crippen molar-refractivity contribution in [1.82, 2.24) is 14.9 Å². The molecule has 0 bridgehead atoms. The van der Waals surface area contributed by atoms with E-state index in [2.05, 4.69) is 33.2 Å². The molecule has 1 heterocycles. The van der Waals surface area contributed by atoms with E-state index >= 15 is 0 Å². The summed E-state index contributed by atoms with van der Waals surface area (Å²) in [5.74, 6) is 0.883. The molecule has 0 radical (unpaired) electrons. The van der Waals surface area contributed by atoms with E-state index in [9.17, 15) is 4.79 Å². The average molecular weight is 403 g/mol. The van der Waals surface area contributed by atoms with Gasteiger partial charge in [0.2, 0.25) is 0 Å². The van der Waals surface area contributed by atoms with Gasteiger partial charge in [0.1, 0.15) is 0 Å². The van der Waals surface area contributed by atoms with Gasteiger partial charge in [-0.25, -0.2) is 4.79 Å². The number of carbonyl (C=O) groups is 1. The lowest BCUT2D eigenvalue weighted by molar-refractivity contribution is 0.257. The van der Waals surface area contributed by atoms with Crippen LogP contribution in [-0.4, -0.2) is 48.9 Å². The van der Waals surface area contributed by atoms with Crippen molar-refractivity contribution >= 4 is 23.7 Å². The van der Waals surface area contributed by atoms with Gasteiger partial charge in [0.05, 0.1) is 0 Å². The fraction of sp³-hybridized carbons (Fsp3) is 0.682. The fourth-order valence-electron chi connectivity index (χ4n) is 5.02. The Morgan fingerprint density at radius 2 is 1.86 bits per heavy atom. The first-order chi connectivity index (χ1) is 13.7. The van der Waals surface area contributed by atoms with Gasteiger partial charge < -0.3 is 10.6 Å². The van der Waals surface area contributed by atoms with Gasteiger partial charge in [0.15, 0.2) is 0 Å². The topological polar surface area (TPSA) is 56.4 Å². The largest absolute Gasteiger partial charge is 0.329 e. The Labute approximate surface area is 173 Å². The summed E-state index contributed by atoms with van der Waals surface area (Å²) in [7, 11) is 0. The zero-order valence-electron chi connectivity index (χ0n) is 17.1. The summed E-state index contributed by atoms with van der Waals surface area (Å²) in [6.07, 6.45) is 9.63. The zero-order chi connectivity index (χ0) is 19.3. The summed E-state index contributed by atoms with van der Waals surface area (Å²) >= 11 is 1.49. The lowest BCUT2D eigenvalue weighted by atomic mass is 9.99. The number of nitrogens with one attached hydrogen (secondary N) is 3. The van der Waals surface area contributed by atoms with Gasteiger partial charge in [-0.1, -0.05) is 6.07 Å². The number of rotatable bonds is 8. The molecule has 0 aromatic heterocycles. The molecule has 1 fully saturated rings. The van der Waals surface area contributed by atoms with Crippen molar-refractivity contribution in [1.29, 1.82) is 0 Å². The number of hydrogen-bond donors (Lipinski definition) is 3. The molecule has 5 nitrogen and oxygen atoms in total. The summed E-state index contributed by atoms with van der Waals surface area (Å²) in [5.41, 5.74) is 6.82. The third-order valence-electron chi connectivity index (χ3n) is 6.52. The van der Waals surface area contributed by atoms with Gasteiger partial charge in [-0.05, 0) is 99.0 Å². The van der Waals surface area contributed by atoms with E-state index in [-0.39, 0.29) is 6.03 Å². The minimum absolute atomic E-state index is 0.0784. The number of hydrogen-bond acceptors (Lipinski definition) is 4. The van der Waals surface area contributed by atoms with Crippen LogP contribution >= 0.6 is 11.9 Å².